The number of halogens is 1. The number of carbonyl (C=O) groups excluding carboxylic acids is 1. The molecule has 0 unspecified atom stereocenters. The van der Waals surface area contributed by atoms with Gasteiger partial charge in [-0.2, -0.15) is 0 Å². The highest BCUT2D eigenvalue weighted by atomic mass is 35.5. The van der Waals surface area contributed by atoms with Crippen LogP contribution < -0.4 is 14.2 Å². The molecule has 1 saturated heterocycles. The minimum absolute atomic E-state index is 0.104. The van der Waals surface area contributed by atoms with Crippen LogP contribution in [-0.2, 0) is 17.8 Å². The van der Waals surface area contributed by atoms with Gasteiger partial charge in [0.15, 0.2) is 11.5 Å². The summed E-state index contributed by atoms with van der Waals surface area (Å²) >= 11 is 12.8. The summed E-state index contributed by atoms with van der Waals surface area (Å²) in [6.45, 7) is 0.876. The normalized spacial score (nSPS) is 14.5. The average molecular weight is 526 g/mol. The Labute approximate surface area is 219 Å². The third-order valence-electron chi connectivity index (χ3n) is 5.46. The molecular weight excluding hydrogens is 502 g/mol. The largest absolute Gasteiger partial charge is 0.493 e. The van der Waals surface area contributed by atoms with Gasteiger partial charge >= 0.3 is 0 Å². The van der Waals surface area contributed by atoms with Gasteiger partial charge in [0.1, 0.15) is 16.7 Å². The molecule has 0 spiro atoms. The van der Waals surface area contributed by atoms with Gasteiger partial charge in [-0.15, -0.1) is 0 Å². The first kappa shape index (κ1) is 25.1. The van der Waals surface area contributed by atoms with Gasteiger partial charge in [-0.25, -0.2) is 0 Å². The third-order valence-corrected chi connectivity index (χ3v) is 7.09. The van der Waals surface area contributed by atoms with E-state index in [1.165, 1.54) is 11.8 Å². The van der Waals surface area contributed by atoms with Crippen molar-refractivity contribution in [3.8, 4) is 17.2 Å². The van der Waals surface area contributed by atoms with Crippen LogP contribution in [0.25, 0.3) is 6.08 Å². The first-order chi connectivity index (χ1) is 17.0. The number of amides is 1. The molecule has 0 radical (unpaired) electrons. The van der Waals surface area contributed by atoms with Crippen molar-refractivity contribution < 1.29 is 19.0 Å². The number of ether oxygens (including phenoxy) is 3. The molecular formula is C27H24ClNO4S2. The Morgan fingerprint density at radius 1 is 0.943 bits per heavy atom. The number of thioether (sulfide) groups is 1. The van der Waals surface area contributed by atoms with E-state index in [4.69, 9.17) is 38.0 Å². The lowest BCUT2D eigenvalue weighted by Gasteiger charge is -2.15. The lowest BCUT2D eigenvalue weighted by atomic mass is 10.1. The SMILES string of the molecule is COc1ccc(CCN2C(=O)C(=Cc3ccccc3OCc3ccc(Cl)cc3)SC2=S)cc1OC. The van der Waals surface area contributed by atoms with Crippen molar-refractivity contribution in [2.45, 2.75) is 13.0 Å². The molecule has 1 fully saturated rings. The van der Waals surface area contributed by atoms with Gasteiger partial charge in [0.25, 0.3) is 5.91 Å². The first-order valence-electron chi connectivity index (χ1n) is 10.9. The van der Waals surface area contributed by atoms with E-state index < -0.39 is 0 Å². The summed E-state index contributed by atoms with van der Waals surface area (Å²) in [6, 6.07) is 20.9. The van der Waals surface area contributed by atoms with E-state index in [2.05, 4.69) is 0 Å². The second kappa shape index (κ2) is 11.6. The van der Waals surface area contributed by atoms with Gasteiger partial charge in [0, 0.05) is 17.1 Å². The van der Waals surface area contributed by atoms with Gasteiger partial charge in [-0.3, -0.25) is 9.69 Å². The van der Waals surface area contributed by atoms with Crippen LogP contribution >= 0.6 is 35.6 Å². The zero-order valence-electron chi connectivity index (χ0n) is 19.3. The summed E-state index contributed by atoms with van der Waals surface area (Å²) in [5.41, 5.74) is 2.86. The number of nitrogens with zero attached hydrogens (tertiary/aromatic N) is 1. The van der Waals surface area contributed by atoms with E-state index in [1.54, 1.807) is 19.1 Å². The van der Waals surface area contributed by atoms with E-state index in [0.717, 1.165) is 16.7 Å². The Morgan fingerprint density at radius 3 is 2.40 bits per heavy atom. The Morgan fingerprint density at radius 2 is 1.66 bits per heavy atom. The minimum Gasteiger partial charge on any atom is -0.493 e. The van der Waals surface area contributed by atoms with Gasteiger partial charge in [0.05, 0.1) is 19.1 Å². The number of hydrogen-bond acceptors (Lipinski definition) is 6. The predicted octanol–water partition coefficient (Wildman–Crippen LogP) is 6.38. The minimum atomic E-state index is -0.104. The molecule has 0 aliphatic carbocycles. The smallest absolute Gasteiger partial charge is 0.266 e. The van der Waals surface area contributed by atoms with Crippen molar-refractivity contribution in [3.05, 3.63) is 93.3 Å². The highest BCUT2D eigenvalue weighted by molar-refractivity contribution is 8.26. The summed E-state index contributed by atoms with van der Waals surface area (Å²) in [6.07, 6.45) is 2.48. The van der Waals surface area contributed by atoms with Crippen molar-refractivity contribution in [2.75, 3.05) is 20.8 Å². The number of carbonyl (C=O) groups is 1. The second-order valence-corrected chi connectivity index (χ2v) is 9.84. The number of thiocarbonyl (C=S) groups is 1. The van der Waals surface area contributed by atoms with Crippen molar-refractivity contribution in [1.82, 2.24) is 4.90 Å². The molecule has 0 atom stereocenters. The molecule has 1 heterocycles. The molecule has 180 valence electrons. The van der Waals surface area contributed by atoms with Crippen LogP contribution in [0.5, 0.6) is 17.2 Å². The molecule has 1 aliphatic heterocycles. The molecule has 5 nitrogen and oxygen atoms in total. The van der Waals surface area contributed by atoms with Crippen LogP contribution in [0, 0.1) is 0 Å². The van der Waals surface area contributed by atoms with Gasteiger partial charge in [-0.1, -0.05) is 72.0 Å². The van der Waals surface area contributed by atoms with Crippen LogP contribution in [-0.4, -0.2) is 35.9 Å². The Hall–Kier alpha value is -3.00. The topological polar surface area (TPSA) is 48.0 Å². The number of hydrogen-bond donors (Lipinski definition) is 0. The van der Waals surface area contributed by atoms with E-state index in [-0.39, 0.29) is 5.91 Å². The van der Waals surface area contributed by atoms with Crippen LogP contribution in [0.15, 0.2) is 71.6 Å². The number of methoxy groups -OCH3 is 2. The van der Waals surface area contributed by atoms with Gasteiger partial charge in [-0.05, 0) is 54.0 Å². The fourth-order valence-electron chi connectivity index (χ4n) is 3.58. The number of para-hydroxylation sites is 1. The van der Waals surface area contributed by atoms with Crippen molar-refractivity contribution >= 4 is 51.9 Å². The standard InChI is InChI=1S/C27H24ClNO4S2/c1-31-23-12-9-18(15-24(23)32-2)13-14-29-26(30)25(35-27(29)34)16-20-5-3-4-6-22(20)33-17-19-7-10-21(28)11-8-19/h3-12,15-16H,13-14,17H2,1-2H3. The highest BCUT2D eigenvalue weighted by Crippen LogP contribution is 2.35. The Balaban J connectivity index is 1.44. The molecule has 0 saturated carbocycles. The number of benzene rings is 3. The maximum atomic E-state index is 13.1. The summed E-state index contributed by atoms with van der Waals surface area (Å²) in [4.78, 5) is 15.4. The average Bonchev–Trinajstić information content (AvgIpc) is 3.14. The maximum absolute atomic E-state index is 13.1. The molecule has 4 rings (SSSR count). The molecule has 3 aromatic rings. The van der Waals surface area contributed by atoms with E-state index >= 15 is 0 Å². The summed E-state index contributed by atoms with van der Waals surface area (Å²) in [7, 11) is 3.20. The summed E-state index contributed by atoms with van der Waals surface area (Å²) in [5, 5.41) is 0.683. The maximum Gasteiger partial charge on any atom is 0.266 e. The van der Waals surface area contributed by atoms with Crippen LogP contribution in [0.2, 0.25) is 5.02 Å². The lowest BCUT2D eigenvalue weighted by molar-refractivity contribution is -0.122. The van der Waals surface area contributed by atoms with Crippen LogP contribution in [0.3, 0.4) is 0 Å². The van der Waals surface area contributed by atoms with E-state index in [1.807, 2.05) is 72.8 Å². The Bertz CT molecular complexity index is 1260. The monoisotopic (exact) mass is 525 g/mol. The fourth-order valence-corrected chi connectivity index (χ4v) is 5.01. The third kappa shape index (κ3) is 6.17. The van der Waals surface area contributed by atoms with Crippen molar-refractivity contribution in [2.24, 2.45) is 0 Å². The molecule has 35 heavy (non-hydrogen) atoms. The van der Waals surface area contributed by atoms with Crippen LogP contribution in [0.1, 0.15) is 16.7 Å². The summed E-state index contributed by atoms with van der Waals surface area (Å²) in [5.74, 6) is 1.92. The molecule has 1 aliphatic rings. The fraction of sp³-hybridized carbons (Fsp3) is 0.185. The second-order valence-electron chi connectivity index (χ2n) is 7.73. The van der Waals surface area contributed by atoms with Gasteiger partial charge < -0.3 is 14.2 Å². The van der Waals surface area contributed by atoms with Crippen molar-refractivity contribution in [1.29, 1.82) is 0 Å². The van der Waals surface area contributed by atoms with E-state index in [9.17, 15) is 4.79 Å². The molecule has 8 heteroatoms. The quantitative estimate of drug-likeness (QED) is 0.238. The molecule has 3 aromatic carbocycles. The first-order valence-corrected chi connectivity index (χ1v) is 12.5. The van der Waals surface area contributed by atoms with E-state index in [0.29, 0.717) is 51.1 Å². The predicted molar refractivity (Wildman–Crippen MR) is 145 cm³/mol. The number of rotatable bonds is 9. The Kier molecular flexibility index (Phi) is 8.33. The highest BCUT2D eigenvalue weighted by Gasteiger charge is 2.32. The molecule has 0 bridgehead atoms. The van der Waals surface area contributed by atoms with Crippen LogP contribution in [0.4, 0.5) is 0 Å². The molecule has 1 amide bonds. The van der Waals surface area contributed by atoms with Crippen molar-refractivity contribution in [3.63, 3.8) is 0 Å². The molecule has 0 aromatic heterocycles. The summed E-state index contributed by atoms with van der Waals surface area (Å²) < 4.78 is 17.2. The zero-order valence-corrected chi connectivity index (χ0v) is 21.7. The van der Waals surface area contributed by atoms with Gasteiger partial charge in [0.2, 0.25) is 0 Å². The molecule has 0 N–H and O–H groups in total. The lowest BCUT2D eigenvalue weighted by Crippen LogP contribution is -2.30. The zero-order chi connectivity index (χ0) is 24.8.